The molecule has 0 bridgehead atoms. The molecule has 1 saturated heterocycles. The maximum atomic E-state index is 11.6. The zero-order valence-electron chi connectivity index (χ0n) is 14.6. The second kappa shape index (κ2) is 12.6. The lowest BCUT2D eigenvalue weighted by Gasteiger charge is -2.31. The van der Waals surface area contributed by atoms with Crippen LogP contribution in [-0.4, -0.2) is 73.8 Å². The molecule has 1 aliphatic heterocycles. The fourth-order valence-corrected chi connectivity index (χ4v) is 2.53. The lowest BCUT2D eigenvalue weighted by molar-refractivity contribution is 0.0963. The first kappa shape index (κ1) is 22.2. The number of hydrogen-bond acceptors (Lipinski definition) is 4. The Kier molecular flexibility index (Phi) is 12.2. The van der Waals surface area contributed by atoms with E-state index in [0.717, 1.165) is 32.5 Å². The molecular formula is C15H32IN5O2. The van der Waals surface area contributed by atoms with Crippen LogP contribution in [0.2, 0.25) is 0 Å². The van der Waals surface area contributed by atoms with Crippen molar-refractivity contribution in [1.82, 2.24) is 15.1 Å². The van der Waals surface area contributed by atoms with Crippen LogP contribution in [0.15, 0.2) is 4.99 Å². The Morgan fingerprint density at radius 2 is 1.91 bits per heavy atom. The van der Waals surface area contributed by atoms with Gasteiger partial charge in [0.15, 0.2) is 5.96 Å². The van der Waals surface area contributed by atoms with E-state index in [1.807, 2.05) is 6.92 Å². The second-order valence-electron chi connectivity index (χ2n) is 5.40. The van der Waals surface area contributed by atoms with Crippen LogP contribution in [0.5, 0.6) is 0 Å². The molecule has 0 aromatic rings. The molecule has 3 N–H and O–H groups in total. The van der Waals surface area contributed by atoms with E-state index >= 15 is 0 Å². The van der Waals surface area contributed by atoms with Crippen molar-refractivity contribution in [2.75, 3.05) is 45.9 Å². The molecule has 1 amide bonds. The Morgan fingerprint density at radius 1 is 1.30 bits per heavy atom. The number of rotatable bonds is 7. The van der Waals surface area contributed by atoms with Gasteiger partial charge in [-0.3, -0.25) is 4.99 Å². The predicted molar refractivity (Wildman–Crippen MR) is 104 cm³/mol. The molecule has 0 aromatic carbocycles. The van der Waals surface area contributed by atoms with Crippen molar-refractivity contribution in [2.45, 2.75) is 39.7 Å². The van der Waals surface area contributed by atoms with Gasteiger partial charge in [0, 0.05) is 25.7 Å². The van der Waals surface area contributed by atoms with E-state index in [-0.39, 0.29) is 36.1 Å². The lowest BCUT2D eigenvalue weighted by Crippen LogP contribution is -2.48. The van der Waals surface area contributed by atoms with Crippen molar-refractivity contribution in [2.24, 2.45) is 10.7 Å². The third-order valence-electron chi connectivity index (χ3n) is 3.97. The Bertz CT molecular complexity index is 356. The van der Waals surface area contributed by atoms with Crippen LogP contribution in [0.1, 0.15) is 33.6 Å². The molecular weight excluding hydrogens is 409 g/mol. The van der Waals surface area contributed by atoms with Gasteiger partial charge in [0.25, 0.3) is 0 Å². The number of guanidine groups is 1. The number of amides is 1. The molecule has 8 heteroatoms. The minimum Gasteiger partial charge on any atom is -0.450 e. The Labute approximate surface area is 157 Å². The topological polar surface area (TPSA) is 83.2 Å². The monoisotopic (exact) mass is 441 g/mol. The first-order valence-electron chi connectivity index (χ1n) is 8.31. The molecule has 136 valence electrons. The van der Waals surface area contributed by atoms with Gasteiger partial charge in [-0.2, -0.15) is 0 Å². The highest BCUT2D eigenvalue weighted by Crippen LogP contribution is 2.11. The summed E-state index contributed by atoms with van der Waals surface area (Å²) in [4.78, 5) is 20.1. The van der Waals surface area contributed by atoms with E-state index in [1.54, 1.807) is 4.90 Å². The van der Waals surface area contributed by atoms with Crippen LogP contribution in [0.3, 0.4) is 0 Å². The van der Waals surface area contributed by atoms with Gasteiger partial charge in [0.05, 0.1) is 13.2 Å². The molecule has 0 radical (unpaired) electrons. The Morgan fingerprint density at radius 3 is 2.43 bits per heavy atom. The number of aliphatic imine (C=N–C) groups is 1. The standard InChI is InChI=1S/C15H31N5O2.HI/c1-4-19(5-2)12-9-17-14(16)18-13-7-10-20(11-8-13)15(21)22-6-3;/h13H,4-12H2,1-3H3,(H3,16,17,18);1H. The number of hydrogen-bond donors (Lipinski definition) is 2. The van der Waals surface area contributed by atoms with Crippen LogP contribution in [-0.2, 0) is 4.74 Å². The number of nitrogens with two attached hydrogens (primary N) is 1. The summed E-state index contributed by atoms with van der Waals surface area (Å²) in [6.45, 7) is 11.6. The molecule has 0 atom stereocenters. The number of halogens is 1. The lowest BCUT2D eigenvalue weighted by atomic mass is 10.1. The zero-order valence-corrected chi connectivity index (χ0v) is 16.9. The van der Waals surface area contributed by atoms with E-state index in [0.29, 0.717) is 32.2 Å². The molecule has 1 rings (SSSR count). The van der Waals surface area contributed by atoms with Crippen LogP contribution < -0.4 is 11.1 Å². The van der Waals surface area contributed by atoms with Crippen LogP contribution >= 0.6 is 24.0 Å². The summed E-state index contributed by atoms with van der Waals surface area (Å²) in [6.07, 6.45) is 1.51. The van der Waals surface area contributed by atoms with Gasteiger partial charge in [-0.15, -0.1) is 24.0 Å². The summed E-state index contributed by atoms with van der Waals surface area (Å²) in [5.74, 6) is 0.502. The molecule has 0 saturated carbocycles. The predicted octanol–water partition coefficient (Wildman–Crippen LogP) is 1.47. The normalized spacial score (nSPS) is 16.2. The highest BCUT2D eigenvalue weighted by Gasteiger charge is 2.23. The molecule has 0 aliphatic carbocycles. The van der Waals surface area contributed by atoms with E-state index in [4.69, 9.17) is 10.5 Å². The maximum absolute atomic E-state index is 11.6. The van der Waals surface area contributed by atoms with Crippen molar-refractivity contribution < 1.29 is 9.53 Å². The van der Waals surface area contributed by atoms with Gasteiger partial charge >= 0.3 is 6.09 Å². The molecule has 7 nitrogen and oxygen atoms in total. The minimum absolute atomic E-state index is 0. The quantitative estimate of drug-likeness (QED) is 0.355. The number of carbonyl (C=O) groups excluding carboxylic acids is 1. The second-order valence-corrected chi connectivity index (χ2v) is 5.40. The average molecular weight is 441 g/mol. The van der Waals surface area contributed by atoms with E-state index in [9.17, 15) is 4.79 Å². The largest absolute Gasteiger partial charge is 0.450 e. The van der Waals surface area contributed by atoms with E-state index in [1.165, 1.54) is 0 Å². The number of likely N-dealkylation sites (N-methyl/N-ethyl adjacent to an activating group) is 1. The third-order valence-corrected chi connectivity index (χ3v) is 3.97. The van der Waals surface area contributed by atoms with Crippen molar-refractivity contribution in [3.05, 3.63) is 0 Å². The van der Waals surface area contributed by atoms with E-state index < -0.39 is 0 Å². The zero-order chi connectivity index (χ0) is 16.4. The van der Waals surface area contributed by atoms with Crippen LogP contribution in [0.25, 0.3) is 0 Å². The van der Waals surface area contributed by atoms with Crippen LogP contribution in [0, 0.1) is 0 Å². The summed E-state index contributed by atoms with van der Waals surface area (Å²) >= 11 is 0. The van der Waals surface area contributed by atoms with Crippen molar-refractivity contribution >= 4 is 36.0 Å². The number of nitrogens with zero attached hydrogens (tertiary/aromatic N) is 3. The van der Waals surface area contributed by atoms with Gasteiger partial charge in [-0.05, 0) is 32.9 Å². The SMILES string of the molecule is CCOC(=O)N1CCC(NC(N)=NCCN(CC)CC)CC1.I. The summed E-state index contributed by atoms with van der Waals surface area (Å²) in [5.41, 5.74) is 5.93. The highest BCUT2D eigenvalue weighted by atomic mass is 127. The van der Waals surface area contributed by atoms with E-state index in [2.05, 4.69) is 29.1 Å². The minimum atomic E-state index is -0.221. The van der Waals surface area contributed by atoms with Gasteiger partial charge in [0.1, 0.15) is 0 Å². The molecule has 0 unspecified atom stereocenters. The number of ether oxygens (including phenoxy) is 1. The summed E-state index contributed by atoms with van der Waals surface area (Å²) < 4.78 is 5.01. The summed E-state index contributed by atoms with van der Waals surface area (Å²) in [5, 5.41) is 3.25. The molecule has 0 aromatic heterocycles. The third kappa shape index (κ3) is 8.59. The van der Waals surface area contributed by atoms with Crippen molar-refractivity contribution in [3.8, 4) is 0 Å². The number of nitrogens with one attached hydrogen (secondary N) is 1. The molecule has 1 aliphatic rings. The first-order chi connectivity index (χ1) is 10.6. The summed E-state index contributed by atoms with van der Waals surface area (Å²) in [7, 11) is 0. The molecule has 1 heterocycles. The first-order valence-corrected chi connectivity index (χ1v) is 8.31. The number of likely N-dealkylation sites (tertiary alicyclic amines) is 1. The molecule has 0 spiro atoms. The fraction of sp³-hybridized carbons (Fsp3) is 0.867. The Balaban J connectivity index is 0.00000484. The van der Waals surface area contributed by atoms with Gasteiger partial charge in [-0.1, -0.05) is 13.8 Å². The fourth-order valence-electron chi connectivity index (χ4n) is 2.53. The average Bonchev–Trinajstić information content (AvgIpc) is 2.52. The van der Waals surface area contributed by atoms with Crippen LogP contribution in [0.4, 0.5) is 4.79 Å². The van der Waals surface area contributed by atoms with Gasteiger partial charge in [-0.25, -0.2) is 4.79 Å². The Hall–Kier alpha value is -0.770. The molecule has 23 heavy (non-hydrogen) atoms. The number of piperidine rings is 1. The van der Waals surface area contributed by atoms with Gasteiger partial charge < -0.3 is 25.6 Å². The number of carbonyl (C=O) groups is 1. The smallest absolute Gasteiger partial charge is 0.409 e. The molecule has 1 fully saturated rings. The van der Waals surface area contributed by atoms with Crippen molar-refractivity contribution in [1.29, 1.82) is 0 Å². The van der Waals surface area contributed by atoms with Gasteiger partial charge in [0.2, 0.25) is 0 Å². The van der Waals surface area contributed by atoms with Crippen molar-refractivity contribution in [3.63, 3.8) is 0 Å². The highest BCUT2D eigenvalue weighted by molar-refractivity contribution is 14.0. The maximum Gasteiger partial charge on any atom is 0.409 e. The summed E-state index contributed by atoms with van der Waals surface area (Å²) in [6, 6.07) is 0.280.